The quantitative estimate of drug-likeness (QED) is 0.503. The lowest BCUT2D eigenvalue weighted by molar-refractivity contribution is -0.111. The minimum Gasteiger partial charge on any atom is -0.486 e. The number of benzene rings is 1. The van der Waals surface area contributed by atoms with E-state index in [4.69, 9.17) is 25.8 Å². The lowest BCUT2D eigenvalue weighted by Gasteiger charge is -2.20. The summed E-state index contributed by atoms with van der Waals surface area (Å²) < 4.78 is 16.9. The van der Waals surface area contributed by atoms with Gasteiger partial charge in [-0.15, -0.1) is 0 Å². The van der Waals surface area contributed by atoms with Gasteiger partial charge in [-0.25, -0.2) is 4.98 Å². The summed E-state index contributed by atoms with van der Waals surface area (Å²) in [5.74, 6) is 0.654. The summed E-state index contributed by atoms with van der Waals surface area (Å²) >= 11 is 6.06. The van der Waals surface area contributed by atoms with Crippen molar-refractivity contribution in [2.45, 2.75) is 31.9 Å². The average Bonchev–Trinajstić information content (AvgIpc) is 3.54. The molecule has 0 aliphatic carbocycles. The van der Waals surface area contributed by atoms with E-state index in [1.165, 1.54) is 12.3 Å². The summed E-state index contributed by atoms with van der Waals surface area (Å²) in [7, 11) is 0. The topological polar surface area (TPSA) is 115 Å². The molecule has 1 aromatic heterocycles. The van der Waals surface area contributed by atoms with Gasteiger partial charge in [-0.3, -0.25) is 9.59 Å². The Morgan fingerprint density at radius 2 is 2.23 bits per heavy atom. The number of likely N-dealkylation sites (tertiary alicyclic amines) is 1. The van der Waals surface area contributed by atoms with E-state index in [0.29, 0.717) is 66.8 Å². The van der Waals surface area contributed by atoms with Gasteiger partial charge in [-0.1, -0.05) is 18.2 Å². The van der Waals surface area contributed by atoms with Crippen LogP contribution in [-0.4, -0.2) is 71.7 Å². The maximum absolute atomic E-state index is 13.3. The van der Waals surface area contributed by atoms with Gasteiger partial charge in [0.1, 0.15) is 16.9 Å². The van der Waals surface area contributed by atoms with Crippen molar-refractivity contribution >= 4 is 35.1 Å². The second kappa shape index (κ2) is 11.4. The third-order valence-corrected chi connectivity index (χ3v) is 5.91. The van der Waals surface area contributed by atoms with E-state index in [9.17, 15) is 9.59 Å². The van der Waals surface area contributed by atoms with Crippen LogP contribution in [0.1, 0.15) is 30.1 Å². The van der Waals surface area contributed by atoms with Crippen LogP contribution in [-0.2, 0) is 9.53 Å². The normalized spacial score (nSPS) is 19.3. The average molecular weight is 502 g/mol. The predicted molar refractivity (Wildman–Crippen MR) is 131 cm³/mol. The van der Waals surface area contributed by atoms with Crippen molar-refractivity contribution in [1.29, 1.82) is 0 Å². The highest BCUT2D eigenvalue weighted by molar-refractivity contribution is 6.31. The van der Waals surface area contributed by atoms with Gasteiger partial charge in [0.2, 0.25) is 17.7 Å². The Bertz CT molecular complexity index is 1090. The Morgan fingerprint density at radius 3 is 2.97 bits per heavy atom. The first kappa shape index (κ1) is 24.7. The predicted octanol–water partition coefficient (Wildman–Crippen LogP) is 3.15. The first-order valence-electron chi connectivity index (χ1n) is 11.5. The number of halogens is 1. The summed E-state index contributed by atoms with van der Waals surface area (Å²) in [6, 6.07) is 4.99. The van der Waals surface area contributed by atoms with E-state index in [1.807, 2.05) is 6.92 Å². The van der Waals surface area contributed by atoms with E-state index in [2.05, 4.69) is 27.2 Å². The molecule has 2 fully saturated rings. The number of anilines is 2. The van der Waals surface area contributed by atoms with E-state index in [-0.39, 0.29) is 24.0 Å². The Balaban J connectivity index is 1.44. The zero-order chi connectivity index (χ0) is 24.8. The van der Waals surface area contributed by atoms with Gasteiger partial charge >= 0.3 is 0 Å². The molecule has 35 heavy (non-hydrogen) atoms. The first-order valence-corrected chi connectivity index (χ1v) is 11.9. The lowest BCUT2D eigenvalue weighted by atomic mass is 10.1. The molecule has 2 aliphatic heterocycles. The molecule has 3 heterocycles. The second-order valence-corrected chi connectivity index (χ2v) is 8.58. The number of amides is 2. The van der Waals surface area contributed by atoms with Crippen LogP contribution in [0, 0.1) is 0 Å². The number of nitrogens with one attached hydrogen (secondary N) is 2. The molecule has 2 N–H and O–H groups in total. The van der Waals surface area contributed by atoms with Crippen molar-refractivity contribution in [3.8, 4) is 11.6 Å². The molecule has 1 aromatic carbocycles. The number of aromatic nitrogens is 2. The third kappa shape index (κ3) is 6.20. The van der Waals surface area contributed by atoms with Crippen LogP contribution in [0.2, 0.25) is 5.02 Å². The molecule has 2 aromatic rings. The maximum atomic E-state index is 13.3. The van der Waals surface area contributed by atoms with E-state index >= 15 is 0 Å². The summed E-state index contributed by atoms with van der Waals surface area (Å²) in [5.41, 5.74) is 0.946. The van der Waals surface area contributed by atoms with Gasteiger partial charge in [0.25, 0.3) is 5.91 Å². The Labute approximate surface area is 208 Å². The minimum absolute atomic E-state index is 0.0212. The fourth-order valence-corrected chi connectivity index (χ4v) is 4.06. The Morgan fingerprint density at radius 1 is 1.37 bits per heavy atom. The zero-order valence-corrected chi connectivity index (χ0v) is 20.2. The molecule has 11 heteroatoms. The number of carbonyl (C=O) groups is 2. The highest BCUT2D eigenvalue weighted by Gasteiger charge is 2.29. The van der Waals surface area contributed by atoms with Crippen LogP contribution in [0.15, 0.2) is 37.1 Å². The Kier molecular flexibility index (Phi) is 8.04. The first-order chi connectivity index (χ1) is 17.0. The SMILES string of the molecule is C=CC(=O)Nc1ccc(C(=O)N2CC[C@@H](Nc3ncc(Cl)c(OCC)n3)C2)cc1OC1CCOC1. The fourth-order valence-electron chi connectivity index (χ4n) is 3.91. The highest BCUT2D eigenvalue weighted by atomic mass is 35.5. The van der Waals surface area contributed by atoms with Crippen molar-refractivity contribution in [1.82, 2.24) is 14.9 Å². The number of hydrogen-bond donors (Lipinski definition) is 2. The highest BCUT2D eigenvalue weighted by Crippen LogP contribution is 2.30. The van der Waals surface area contributed by atoms with Gasteiger partial charge in [-0.2, -0.15) is 4.98 Å². The van der Waals surface area contributed by atoms with Crippen LogP contribution < -0.4 is 20.1 Å². The molecule has 0 radical (unpaired) electrons. The van der Waals surface area contributed by atoms with Crippen LogP contribution >= 0.6 is 11.6 Å². The molecule has 0 saturated carbocycles. The number of hydrogen-bond acceptors (Lipinski definition) is 8. The number of nitrogens with zero attached hydrogens (tertiary/aromatic N) is 3. The molecule has 186 valence electrons. The monoisotopic (exact) mass is 501 g/mol. The van der Waals surface area contributed by atoms with Crippen LogP contribution in [0.3, 0.4) is 0 Å². The van der Waals surface area contributed by atoms with Gasteiger partial charge in [0.05, 0.1) is 31.7 Å². The number of carbonyl (C=O) groups excluding carboxylic acids is 2. The molecule has 0 bridgehead atoms. The molecule has 4 rings (SSSR count). The summed E-state index contributed by atoms with van der Waals surface area (Å²) in [6.45, 7) is 7.91. The standard InChI is InChI=1S/C24H28ClN5O5/c1-3-21(31)28-19-6-5-15(11-20(19)35-17-8-10-33-14-17)23(32)30-9-7-16(13-30)27-24-26-12-18(25)22(29-24)34-4-2/h3,5-6,11-12,16-17H,1,4,7-10,13-14H2,2H3,(H,28,31)(H,26,27,29)/t16-,17?/m1/s1. The fraction of sp³-hybridized carbons (Fsp3) is 0.417. The van der Waals surface area contributed by atoms with Gasteiger partial charge in [0.15, 0.2) is 0 Å². The molecular weight excluding hydrogens is 474 g/mol. The van der Waals surface area contributed by atoms with E-state index < -0.39 is 0 Å². The van der Waals surface area contributed by atoms with Crippen LogP contribution in [0.4, 0.5) is 11.6 Å². The number of rotatable bonds is 9. The molecule has 2 saturated heterocycles. The van der Waals surface area contributed by atoms with Crippen molar-refractivity contribution in [2.24, 2.45) is 0 Å². The van der Waals surface area contributed by atoms with Gasteiger partial charge in [0, 0.05) is 31.1 Å². The number of ether oxygens (including phenoxy) is 3. The van der Waals surface area contributed by atoms with Gasteiger partial charge < -0.3 is 29.7 Å². The third-order valence-electron chi connectivity index (χ3n) is 5.66. The molecule has 2 atom stereocenters. The molecule has 10 nitrogen and oxygen atoms in total. The molecule has 2 aliphatic rings. The second-order valence-electron chi connectivity index (χ2n) is 8.17. The van der Waals surface area contributed by atoms with Crippen molar-refractivity contribution in [3.63, 3.8) is 0 Å². The van der Waals surface area contributed by atoms with Crippen molar-refractivity contribution < 1.29 is 23.8 Å². The molecule has 0 spiro atoms. The lowest BCUT2D eigenvalue weighted by Crippen LogP contribution is -2.32. The van der Waals surface area contributed by atoms with E-state index in [0.717, 1.165) is 12.8 Å². The summed E-state index contributed by atoms with van der Waals surface area (Å²) in [6.07, 6.45) is 4.01. The Hall–Kier alpha value is -3.37. The van der Waals surface area contributed by atoms with Crippen molar-refractivity contribution in [3.05, 3.63) is 47.6 Å². The maximum Gasteiger partial charge on any atom is 0.254 e. The minimum atomic E-state index is -0.359. The molecule has 1 unspecified atom stereocenters. The van der Waals surface area contributed by atoms with Gasteiger partial charge in [-0.05, 0) is 37.6 Å². The largest absolute Gasteiger partial charge is 0.486 e. The summed E-state index contributed by atoms with van der Waals surface area (Å²) in [4.78, 5) is 35.4. The van der Waals surface area contributed by atoms with Crippen LogP contribution in [0.25, 0.3) is 0 Å². The molecule has 2 amide bonds. The molecular formula is C24H28ClN5O5. The van der Waals surface area contributed by atoms with E-state index in [1.54, 1.807) is 23.1 Å². The van der Waals surface area contributed by atoms with Crippen molar-refractivity contribution in [2.75, 3.05) is 43.5 Å². The zero-order valence-electron chi connectivity index (χ0n) is 19.5. The summed E-state index contributed by atoms with van der Waals surface area (Å²) in [5, 5.41) is 6.32. The van der Waals surface area contributed by atoms with Crippen LogP contribution in [0.5, 0.6) is 11.6 Å². The smallest absolute Gasteiger partial charge is 0.254 e.